The smallest absolute Gasteiger partial charge is 0.157 e. The summed E-state index contributed by atoms with van der Waals surface area (Å²) in [5, 5.41) is 4.50. The Bertz CT molecular complexity index is 379. The highest BCUT2D eigenvalue weighted by molar-refractivity contribution is 8.14. The second kappa shape index (κ2) is 4.50. The van der Waals surface area contributed by atoms with Gasteiger partial charge in [-0.1, -0.05) is 42.1 Å². The number of aliphatic imine (C=N–C) groups is 1. The van der Waals surface area contributed by atoms with E-state index in [9.17, 15) is 0 Å². The Morgan fingerprint density at radius 3 is 2.56 bits per heavy atom. The topological polar surface area (TPSA) is 24.4 Å². The lowest BCUT2D eigenvalue weighted by Crippen LogP contribution is -2.38. The summed E-state index contributed by atoms with van der Waals surface area (Å²) >= 11 is 1.81. The lowest BCUT2D eigenvalue weighted by atomic mass is 10.1. The normalized spacial score (nSPS) is 20.7. The van der Waals surface area contributed by atoms with E-state index in [1.807, 2.05) is 17.8 Å². The van der Waals surface area contributed by atoms with Gasteiger partial charge in [0, 0.05) is 11.3 Å². The van der Waals surface area contributed by atoms with Crippen LogP contribution in [0.15, 0.2) is 35.3 Å². The Hall–Kier alpha value is -0.960. The Morgan fingerprint density at radius 1 is 1.25 bits per heavy atom. The van der Waals surface area contributed by atoms with Gasteiger partial charge in [-0.3, -0.25) is 4.99 Å². The first-order chi connectivity index (χ1) is 7.54. The zero-order valence-electron chi connectivity index (χ0n) is 10.0. The van der Waals surface area contributed by atoms with Crippen LogP contribution in [0.5, 0.6) is 0 Å². The summed E-state index contributed by atoms with van der Waals surface area (Å²) in [6, 6.07) is 10.8. The van der Waals surface area contributed by atoms with Gasteiger partial charge in [-0.05, 0) is 26.3 Å². The van der Waals surface area contributed by atoms with E-state index in [2.05, 4.69) is 50.4 Å². The molecule has 0 aliphatic carbocycles. The molecule has 0 aromatic heterocycles. The van der Waals surface area contributed by atoms with Crippen LogP contribution in [-0.2, 0) is 0 Å². The van der Waals surface area contributed by atoms with Gasteiger partial charge in [0.2, 0.25) is 0 Å². The van der Waals surface area contributed by atoms with Crippen molar-refractivity contribution < 1.29 is 0 Å². The monoisotopic (exact) mass is 234 g/mol. The standard InChI is InChI=1S/C13H18N2S/c1-13(2,3)15-12-14-11(9-16-12)10-7-5-4-6-8-10/h4-8,11H,9H2,1-3H3,(H,14,15). The first-order valence-electron chi connectivity index (χ1n) is 5.58. The van der Waals surface area contributed by atoms with Crippen LogP contribution in [0.2, 0.25) is 0 Å². The minimum Gasteiger partial charge on any atom is -0.360 e. The van der Waals surface area contributed by atoms with E-state index < -0.39 is 0 Å². The SMILES string of the molecule is CC(C)(C)NC1=NC(c2ccccc2)CS1. The third kappa shape index (κ3) is 3.01. The predicted molar refractivity (Wildman–Crippen MR) is 72.0 cm³/mol. The zero-order chi connectivity index (χ0) is 11.6. The van der Waals surface area contributed by atoms with Gasteiger partial charge in [0.25, 0.3) is 0 Å². The fraction of sp³-hybridized carbons (Fsp3) is 0.462. The van der Waals surface area contributed by atoms with Crippen molar-refractivity contribution in [2.45, 2.75) is 32.4 Å². The van der Waals surface area contributed by atoms with Gasteiger partial charge in [0.15, 0.2) is 5.17 Å². The van der Waals surface area contributed by atoms with E-state index in [-0.39, 0.29) is 5.54 Å². The summed E-state index contributed by atoms with van der Waals surface area (Å²) < 4.78 is 0. The molecule has 1 heterocycles. The number of hydrogen-bond donors (Lipinski definition) is 1. The van der Waals surface area contributed by atoms with Crippen LogP contribution in [0, 0.1) is 0 Å². The minimum absolute atomic E-state index is 0.0947. The Balaban J connectivity index is 2.07. The van der Waals surface area contributed by atoms with Gasteiger partial charge in [0.1, 0.15) is 0 Å². The number of rotatable bonds is 1. The molecule has 16 heavy (non-hydrogen) atoms. The molecule has 1 atom stereocenters. The van der Waals surface area contributed by atoms with Crippen molar-refractivity contribution in [3.05, 3.63) is 35.9 Å². The van der Waals surface area contributed by atoms with Crippen LogP contribution in [0.25, 0.3) is 0 Å². The van der Waals surface area contributed by atoms with E-state index in [4.69, 9.17) is 4.99 Å². The molecular formula is C13H18N2S. The van der Waals surface area contributed by atoms with Crippen LogP contribution >= 0.6 is 11.8 Å². The van der Waals surface area contributed by atoms with Crippen LogP contribution in [0.3, 0.4) is 0 Å². The predicted octanol–water partition coefficient (Wildman–Crippen LogP) is 3.22. The van der Waals surface area contributed by atoms with Crippen molar-refractivity contribution in [3.8, 4) is 0 Å². The average molecular weight is 234 g/mol. The molecule has 0 saturated carbocycles. The maximum Gasteiger partial charge on any atom is 0.157 e. The van der Waals surface area contributed by atoms with Crippen molar-refractivity contribution in [2.24, 2.45) is 4.99 Å². The Morgan fingerprint density at radius 2 is 1.94 bits per heavy atom. The number of thioether (sulfide) groups is 1. The number of nitrogens with one attached hydrogen (secondary N) is 1. The van der Waals surface area contributed by atoms with Crippen molar-refractivity contribution >= 4 is 16.9 Å². The summed E-state index contributed by atoms with van der Waals surface area (Å²) in [7, 11) is 0. The highest BCUT2D eigenvalue weighted by Gasteiger charge is 2.22. The molecule has 0 radical (unpaired) electrons. The van der Waals surface area contributed by atoms with E-state index >= 15 is 0 Å². The zero-order valence-corrected chi connectivity index (χ0v) is 10.8. The third-order valence-electron chi connectivity index (χ3n) is 2.32. The highest BCUT2D eigenvalue weighted by Crippen LogP contribution is 2.29. The second-order valence-electron chi connectivity index (χ2n) is 5.05. The number of hydrogen-bond acceptors (Lipinski definition) is 3. The largest absolute Gasteiger partial charge is 0.360 e. The molecule has 1 aliphatic rings. The molecule has 2 rings (SSSR count). The first-order valence-corrected chi connectivity index (χ1v) is 6.57. The number of benzene rings is 1. The van der Waals surface area contributed by atoms with Crippen molar-refractivity contribution in [3.63, 3.8) is 0 Å². The van der Waals surface area contributed by atoms with Crippen LogP contribution in [-0.4, -0.2) is 16.5 Å². The molecule has 0 saturated heterocycles. The Labute approximate surface area is 102 Å². The molecule has 1 N–H and O–H groups in total. The summed E-state index contributed by atoms with van der Waals surface area (Å²) in [6.07, 6.45) is 0. The lowest BCUT2D eigenvalue weighted by Gasteiger charge is -2.20. The van der Waals surface area contributed by atoms with Gasteiger partial charge in [-0.25, -0.2) is 0 Å². The fourth-order valence-electron chi connectivity index (χ4n) is 1.61. The Kier molecular flexibility index (Phi) is 3.24. The molecule has 2 nitrogen and oxygen atoms in total. The van der Waals surface area contributed by atoms with E-state index in [1.165, 1.54) is 5.56 Å². The highest BCUT2D eigenvalue weighted by atomic mass is 32.2. The molecule has 1 aromatic rings. The maximum absolute atomic E-state index is 4.71. The van der Waals surface area contributed by atoms with Gasteiger partial charge in [-0.15, -0.1) is 0 Å². The molecule has 86 valence electrons. The lowest BCUT2D eigenvalue weighted by molar-refractivity contribution is 0.514. The van der Waals surface area contributed by atoms with E-state index in [0.29, 0.717) is 6.04 Å². The van der Waals surface area contributed by atoms with Gasteiger partial charge >= 0.3 is 0 Å². The summed E-state index contributed by atoms with van der Waals surface area (Å²) in [6.45, 7) is 6.48. The van der Waals surface area contributed by atoms with Crippen LogP contribution < -0.4 is 5.32 Å². The molecule has 0 amide bonds. The molecule has 1 unspecified atom stereocenters. The molecule has 0 bridgehead atoms. The van der Waals surface area contributed by atoms with Crippen molar-refractivity contribution in [1.82, 2.24) is 5.32 Å². The van der Waals surface area contributed by atoms with Crippen LogP contribution in [0.1, 0.15) is 32.4 Å². The molecular weight excluding hydrogens is 216 g/mol. The fourth-order valence-corrected chi connectivity index (χ4v) is 2.77. The first kappa shape index (κ1) is 11.5. The van der Waals surface area contributed by atoms with Gasteiger partial charge < -0.3 is 5.32 Å². The molecule has 0 spiro atoms. The number of amidine groups is 1. The van der Waals surface area contributed by atoms with E-state index in [1.54, 1.807) is 0 Å². The van der Waals surface area contributed by atoms with Gasteiger partial charge in [-0.2, -0.15) is 0 Å². The van der Waals surface area contributed by atoms with Crippen molar-refractivity contribution in [1.29, 1.82) is 0 Å². The molecule has 0 fully saturated rings. The van der Waals surface area contributed by atoms with Crippen LogP contribution in [0.4, 0.5) is 0 Å². The molecule has 1 aliphatic heterocycles. The number of nitrogens with zero attached hydrogens (tertiary/aromatic N) is 1. The second-order valence-corrected chi connectivity index (χ2v) is 6.06. The molecule has 1 aromatic carbocycles. The third-order valence-corrected chi connectivity index (χ3v) is 3.28. The quantitative estimate of drug-likeness (QED) is 0.807. The minimum atomic E-state index is 0.0947. The average Bonchev–Trinajstić information content (AvgIpc) is 2.65. The summed E-state index contributed by atoms with van der Waals surface area (Å²) in [5.41, 5.74) is 1.40. The van der Waals surface area contributed by atoms with Gasteiger partial charge in [0.05, 0.1) is 6.04 Å². The van der Waals surface area contributed by atoms with E-state index in [0.717, 1.165) is 10.9 Å². The van der Waals surface area contributed by atoms with Crippen molar-refractivity contribution in [2.75, 3.05) is 5.75 Å². The summed E-state index contributed by atoms with van der Waals surface area (Å²) in [5.74, 6) is 1.04. The molecule has 3 heteroatoms. The maximum atomic E-state index is 4.71. The summed E-state index contributed by atoms with van der Waals surface area (Å²) in [4.78, 5) is 4.71.